The largest absolute Gasteiger partial charge is 0.479 e. The first-order valence-electron chi connectivity index (χ1n) is 7.50. The molecule has 1 N–H and O–H groups in total. The molecule has 7 heteroatoms. The zero-order valence-corrected chi connectivity index (χ0v) is 15.2. The lowest BCUT2D eigenvalue weighted by Crippen LogP contribution is -2.29. The summed E-state index contributed by atoms with van der Waals surface area (Å²) < 4.78 is 10.4. The highest BCUT2D eigenvalue weighted by Gasteiger charge is 2.18. The average molecular weight is 382 g/mol. The number of hydrogen-bond donors (Lipinski definition) is 1. The standard InChI is InChI=1S/C18H17Cl2NO4/c1-11-9-14(20)5-8-16(11)21-17(22)10-24-18(23)12(2)25-15-6-3-13(19)4-7-15/h3-9,12H,10H2,1-2H3,(H,21,22)/t12-/m0/s1. The normalized spacial score (nSPS) is 11.5. The van der Waals surface area contributed by atoms with Crippen LogP contribution in [0.15, 0.2) is 42.5 Å². The Labute approximate surface area is 155 Å². The van der Waals surface area contributed by atoms with Gasteiger partial charge in [-0.15, -0.1) is 0 Å². The number of nitrogens with one attached hydrogen (secondary N) is 1. The molecule has 0 spiro atoms. The van der Waals surface area contributed by atoms with E-state index in [1.165, 1.54) is 6.92 Å². The van der Waals surface area contributed by atoms with Crippen molar-refractivity contribution in [3.05, 3.63) is 58.1 Å². The van der Waals surface area contributed by atoms with Crippen molar-refractivity contribution in [3.63, 3.8) is 0 Å². The number of amides is 1. The van der Waals surface area contributed by atoms with Gasteiger partial charge in [0, 0.05) is 15.7 Å². The molecule has 0 unspecified atom stereocenters. The van der Waals surface area contributed by atoms with Gasteiger partial charge >= 0.3 is 5.97 Å². The van der Waals surface area contributed by atoms with Crippen LogP contribution in [-0.4, -0.2) is 24.6 Å². The molecule has 25 heavy (non-hydrogen) atoms. The Balaban J connectivity index is 1.82. The van der Waals surface area contributed by atoms with Gasteiger partial charge in [-0.3, -0.25) is 4.79 Å². The van der Waals surface area contributed by atoms with Crippen LogP contribution in [0.1, 0.15) is 12.5 Å². The molecule has 132 valence electrons. The van der Waals surface area contributed by atoms with Crippen molar-refractivity contribution < 1.29 is 19.1 Å². The third-order valence-corrected chi connectivity index (χ3v) is 3.75. The first-order valence-corrected chi connectivity index (χ1v) is 8.25. The minimum atomic E-state index is -0.855. The maximum absolute atomic E-state index is 11.9. The lowest BCUT2D eigenvalue weighted by atomic mass is 10.2. The lowest BCUT2D eigenvalue weighted by Gasteiger charge is -2.14. The fourth-order valence-corrected chi connectivity index (χ4v) is 2.33. The minimum absolute atomic E-state index is 0.408. The number of rotatable bonds is 6. The molecule has 0 fully saturated rings. The van der Waals surface area contributed by atoms with Crippen molar-refractivity contribution in [3.8, 4) is 5.75 Å². The van der Waals surface area contributed by atoms with Crippen LogP contribution in [0, 0.1) is 6.92 Å². The summed E-state index contributed by atoms with van der Waals surface area (Å²) in [7, 11) is 0. The smallest absolute Gasteiger partial charge is 0.347 e. The zero-order valence-electron chi connectivity index (χ0n) is 13.7. The summed E-state index contributed by atoms with van der Waals surface area (Å²) in [4.78, 5) is 23.8. The molecule has 1 amide bonds. The molecule has 2 rings (SSSR count). The summed E-state index contributed by atoms with van der Waals surface area (Å²) in [5.74, 6) is -0.606. The Morgan fingerprint density at radius 1 is 1.08 bits per heavy atom. The molecule has 0 bridgehead atoms. The molecule has 0 saturated heterocycles. The van der Waals surface area contributed by atoms with Gasteiger partial charge in [-0.2, -0.15) is 0 Å². The lowest BCUT2D eigenvalue weighted by molar-refractivity contribution is -0.153. The van der Waals surface area contributed by atoms with Crippen LogP contribution < -0.4 is 10.1 Å². The Bertz CT molecular complexity index is 762. The van der Waals surface area contributed by atoms with E-state index in [0.29, 0.717) is 21.5 Å². The summed E-state index contributed by atoms with van der Waals surface area (Å²) >= 11 is 11.6. The first-order chi connectivity index (χ1) is 11.8. The molecule has 0 aliphatic rings. The van der Waals surface area contributed by atoms with Crippen molar-refractivity contribution in [2.24, 2.45) is 0 Å². The molecule has 0 aliphatic heterocycles. The Morgan fingerprint density at radius 2 is 1.72 bits per heavy atom. The van der Waals surface area contributed by atoms with E-state index in [-0.39, 0.29) is 0 Å². The van der Waals surface area contributed by atoms with Crippen LogP contribution in [0.2, 0.25) is 10.0 Å². The van der Waals surface area contributed by atoms with Gasteiger partial charge < -0.3 is 14.8 Å². The fourth-order valence-electron chi connectivity index (χ4n) is 1.97. The third-order valence-electron chi connectivity index (χ3n) is 3.27. The van der Waals surface area contributed by atoms with E-state index >= 15 is 0 Å². The van der Waals surface area contributed by atoms with Crippen LogP contribution >= 0.6 is 23.2 Å². The Kier molecular flexibility index (Phi) is 6.67. The van der Waals surface area contributed by atoms with E-state index in [2.05, 4.69) is 5.32 Å². The summed E-state index contributed by atoms with van der Waals surface area (Å²) in [5.41, 5.74) is 1.42. The molecular weight excluding hydrogens is 365 g/mol. The minimum Gasteiger partial charge on any atom is -0.479 e. The predicted molar refractivity (Wildman–Crippen MR) is 97.3 cm³/mol. The van der Waals surface area contributed by atoms with Gasteiger partial charge in [-0.25, -0.2) is 4.79 Å². The Hall–Kier alpha value is -2.24. The molecule has 0 aliphatic carbocycles. The number of hydrogen-bond acceptors (Lipinski definition) is 4. The Morgan fingerprint density at radius 3 is 2.36 bits per heavy atom. The van der Waals surface area contributed by atoms with Crippen molar-refractivity contribution in [1.82, 2.24) is 0 Å². The number of ether oxygens (including phenoxy) is 2. The van der Waals surface area contributed by atoms with E-state index in [1.54, 1.807) is 42.5 Å². The summed E-state index contributed by atoms with van der Waals surface area (Å²) in [6.07, 6.45) is -0.855. The maximum Gasteiger partial charge on any atom is 0.347 e. The van der Waals surface area contributed by atoms with Crippen LogP contribution in [0.25, 0.3) is 0 Å². The molecule has 5 nitrogen and oxygen atoms in total. The highest BCUT2D eigenvalue weighted by molar-refractivity contribution is 6.31. The van der Waals surface area contributed by atoms with Crippen LogP contribution in [-0.2, 0) is 14.3 Å². The van der Waals surface area contributed by atoms with Gasteiger partial charge in [0.1, 0.15) is 5.75 Å². The van der Waals surface area contributed by atoms with E-state index in [1.807, 2.05) is 6.92 Å². The third kappa shape index (κ3) is 5.96. The van der Waals surface area contributed by atoms with Crippen molar-refractivity contribution in [2.45, 2.75) is 20.0 Å². The fraction of sp³-hybridized carbons (Fsp3) is 0.222. The van der Waals surface area contributed by atoms with Crippen molar-refractivity contribution in [1.29, 1.82) is 0 Å². The zero-order chi connectivity index (χ0) is 18.4. The highest BCUT2D eigenvalue weighted by atomic mass is 35.5. The number of benzene rings is 2. The topological polar surface area (TPSA) is 64.6 Å². The number of carbonyl (C=O) groups is 2. The molecule has 2 aromatic carbocycles. The first kappa shape index (κ1) is 19.1. The monoisotopic (exact) mass is 381 g/mol. The van der Waals surface area contributed by atoms with Gasteiger partial charge in [-0.1, -0.05) is 23.2 Å². The van der Waals surface area contributed by atoms with Crippen molar-refractivity contribution >= 4 is 40.8 Å². The predicted octanol–water partition coefficient (Wildman–Crippen LogP) is 4.25. The molecule has 0 radical (unpaired) electrons. The van der Waals surface area contributed by atoms with Gasteiger partial charge in [0.2, 0.25) is 0 Å². The SMILES string of the molecule is Cc1cc(Cl)ccc1NC(=O)COC(=O)[C@H](C)Oc1ccc(Cl)cc1. The molecule has 2 aromatic rings. The van der Waals surface area contributed by atoms with E-state index in [9.17, 15) is 9.59 Å². The molecule has 0 saturated carbocycles. The van der Waals surface area contributed by atoms with Crippen molar-refractivity contribution in [2.75, 3.05) is 11.9 Å². The number of anilines is 1. The molecule has 0 aromatic heterocycles. The quantitative estimate of drug-likeness (QED) is 0.759. The second-order valence-electron chi connectivity index (χ2n) is 5.33. The average Bonchev–Trinajstić information content (AvgIpc) is 2.57. The summed E-state index contributed by atoms with van der Waals surface area (Å²) in [6, 6.07) is 11.7. The molecule has 1 atom stereocenters. The van der Waals surface area contributed by atoms with Crippen LogP contribution in [0.3, 0.4) is 0 Å². The van der Waals surface area contributed by atoms with E-state index in [0.717, 1.165) is 5.56 Å². The number of carbonyl (C=O) groups excluding carboxylic acids is 2. The van der Waals surface area contributed by atoms with Gasteiger partial charge in [0.05, 0.1) is 0 Å². The van der Waals surface area contributed by atoms with Crippen LogP contribution in [0.4, 0.5) is 5.69 Å². The maximum atomic E-state index is 11.9. The van der Waals surface area contributed by atoms with E-state index < -0.39 is 24.6 Å². The van der Waals surface area contributed by atoms with Gasteiger partial charge in [0.25, 0.3) is 5.91 Å². The highest BCUT2D eigenvalue weighted by Crippen LogP contribution is 2.19. The second-order valence-corrected chi connectivity index (χ2v) is 6.20. The number of halogens is 2. The number of aryl methyl sites for hydroxylation is 1. The summed E-state index contributed by atoms with van der Waals surface area (Å²) in [6.45, 7) is 2.95. The second kappa shape index (κ2) is 8.74. The van der Waals surface area contributed by atoms with Gasteiger partial charge in [-0.05, 0) is 61.9 Å². The number of esters is 1. The van der Waals surface area contributed by atoms with Gasteiger partial charge in [0.15, 0.2) is 12.7 Å². The molecule has 0 heterocycles. The van der Waals surface area contributed by atoms with E-state index in [4.69, 9.17) is 32.7 Å². The molecular formula is C18H17Cl2NO4. The van der Waals surface area contributed by atoms with Crippen LogP contribution in [0.5, 0.6) is 5.75 Å². The summed E-state index contributed by atoms with van der Waals surface area (Å²) in [5, 5.41) is 3.80.